The van der Waals surface area contributed by atoms with Gasteiger partial charge in [-0.1, -0.05) is 98.6 Å². The van der Waals surface area contributed by atoms with Crippen LogP contribution in [0.3, 0.4) is 0 Å². The molecule has 0 aliphatic rings. The normalized spacial score (nSPS) is 15.0. The fraction of sp³-hybridized carbons (Fsp3) is 0.653. The molecule has 28 N–H and O–H groups in total. The number of primary amides is 1. The molecule has 115 heavy (non-hydrogen) atoms. The van der Waals surface area contributed by atoms with Gasteiger partial charge in [-0.25, -0.2) is 4.79 Å². The number of rotatable bonds is 57. The number of hydrogen-bond donors (Lipinski definition) is 24. The number of aliphatic hydroxyl groups is 1. The Balaban J connectivity index is 3.44. The molecule has 0 aromatic heterocycles. The molecule has 42 nitrogen and oxygen atoms in total. The van der Waals surface area contributed by atoms with E-state index in [2.05, 4.69) is 79.8 Å². The van der Waals surface area contributed by atoms with Gasteiger partial charge in [0, 0.05) is 25.8 Å². The second kappa shape index (κ2) is 54.0. The van der Waals surface area contributed by atoms with Crippen LogP contribution in [0.5, 0.6) is 0 Å². The summed E-state index contributed by atoms with van der Waals surface area (Å²) in [5, 5.41) is 83.1. The predicted molar refractivity (Wildman–Crippen MR) is 419 cm³/mol. The molecule has 646 valence electrons. The van der Waals surface area contributed by atoms with E-state index in [0.29, 0.717) is 12.0 Å². The number of amides is 15. The van der Waals surface area contributed by atoms with Crippen molar-refractivity contribution in [1.82, 2.24) is 79.8 Å². The van der Waals surface area contributed by atoms with Crippen molar-refractivity contribution in [3.05, 3.63) is 35.9 Å². The van der Waals surface area contributed by atoms with Crippen LogP contribution in [0.15, 0.2) is 30.3 Å². The zero-order valence-electron chi connectivity index (χ0n) is 66.7. The van der Waals surface area contributed by atoms with Crippen LogP contribution in [0.4, 0.5) is 0 Å². The molecule has 0 saturated carbocycles. The summed E-state index contributed by atoms with van der Waals surface area (Å²) in [7, 11) is 0. The molecular weight excluding hydrogens is 1530 g/mol. The molecule has 0 unspecified atom stereocenters. The van der Waals surface area contributed by atoms with Gasteiger partial charge in [0.2, 0.25) is 88.6 Å². The van der Waals surface area contributed by atoms with E-state index in [0.717, 1.165) is 6.92 Å². The number of nitrogens with one attached hydrogen (secondary N) is 16. The van der Waals surface area contributed by atoms with E-state index < -0.39 is 255 Å². The number of carboxylic acid groups (broad SMARTS) is 3. The first-order chi connectivity index (χ1) is 54.0. The van der Waals surface area contributed by atoms with Gasteiger partial charge in [0.25, 0.3) is 0 Å². The number of carboxylic acids is 3. The van der Waals surface area contributed by atoms with E-state index in [-0.39, 0.29) is 82.1 Å². The van der Waals surface area contributed by atoms with Gasteiger partial charge in [-0.05, 0) is 106 Å². The number of aliphatic carboxylic acids is 3. The highest BCUT2D eigenvalue weighted by molar-refractivity contribution is 7.98. The van der Waals surface area contributed by atoms with Crippen molar-refractivity contribution >= 4 is 124 Å². The Morgan fingerprint density at radius 3 is 1.30 bits per heavy atom. The maximum atomic E-state index is 14.7. The molecule has 0 aliphatic carbocycles. The van der Waals surface area contributed by atoms with Gasteiger partial charge in [0.05, 0.1) is 38.2 Å². The Morgan fingerprint density at radius 2 is 0.835 bits per heavy atom. The fourth-order valence-electron chi connectivity index (χ4n) is 10.9. The Hall–Kier alpha value is -10.8. The van der Waals surface area contributed by atoms with Crippen LogP contribution in [-0.4, -0.2) is 256 Å². The zero-order chi connectivity index (χ0) is 87.4. The lowest BCUT2D eigenvalue weighted by atomic mass is 9.96. The third-order valence-corrected chi connectivity index (χ3v) is 18.8. The molecule has 15 amide bonds. The van der Waals surface area contributed by atoms with E-state index in [1.807, 2.05) is 0 Å². The monoisotopic (exact) mass is 1650 g/mol. The molecule has 0 fully saturated rings. The van der Waals surface area contributed by atoms with Gasteiger partial charge in [-0.2, -0.15) is 11.8 Å². The third-order valence-electron chi connectivity index (χ3n) is 18.2. The number of aliphatic hydroxyl groups excluding tert-OH is 1. The van der Waals surface area contributed by atoms with Crippen molar-refractivity contribution in [1.29, 1.82) is 5.41 Å². The third kappa shape index (κ3) is 40.2. The summed E-state index contributed by atoms with van der Waals surface area (Å²) in [6.07, 6.45) is -2.15. The standard InChI is InChI=1S/C72H120N20O22S/c1-11-38(7)57(68(110)86-45(27-30-115-10)62(104)80-33-50(95)82-43(21-16-17-28-73)63(105)92-59(40(9)93)70(112)91-58(39(8)12-2)69(111)87-46(71(113)114)24-26-54(100)101)90-65(107)47(31-41-19-14-13-15-20-41)88-67(109)56(37(5)6)89-52(97)35-81-61(103)44(23-25-53(98)99)84-64(106)48(32-49(74)94)83-51(96)34-79-60(102)42(22-18-29-78-72(76)77)85-66(108)55(75)36(3)4/h13-15,19-20,36-40,42-48,55-59,93H,11-12,16-18,21-35,73,75H2,1-10H3,(H2,74,94)(H,79,102)(H,80,104)(H,81,103)(H,82,95)(H,83,96)(H,84,106)(H,85,108)(H,86,110)(H,87,111)(H,88,109)(H,89,97)(H,90,107)(H,91,112)(H,92,105)(H,98,99)(H,100,101)(H,113,114)(H4,76,77,78)/t38-,39-,40+,42-,43-,44-,45-,46-,47-,48-,55-,56-,57-,58-,59-/m0/s1. The molecule has 0 radical (unpaired) electrons. The maximum Gasteiger partial charge on any atom is 0.326 e. The summed E-state index contributed by atoms with van der Waals surface area (Å²) < 4.78 is 0. The van der Waals surface area contributed by atoms with Crippen molar-refractivity contribution in [2.45, 2.75) is 231 Å². The second-order valence-electron chi connectivity index (χ2n) is 28.3. The van der Waals surface area contributed by atoms with E-state index in [1.165, 1.54) is 11.8 Å². The van der Waals surface area contributed by atoms with Gasteiger partial charge in [-0.3, -0.25) is 86.9 Å². The van der Waals surface area contributed by atoms with Gasteiger partial charge in [0.1, 0.15) is 66.5 Å². The van der Waals surface area contributed by atoms with Gasteiger partial charge < -0.3 is 123 Å². The highest BCUT2D eigenvalue weighted by atomic mass is 32.2. The first-order valence-electron chi connectivity index (χ1n) is 37.9. The van der Waals surface area contributed by atoms with Crippen LogP contribution >= 0.6 is 11.8 Å². The summed E-state index contributed by atoms with van der Waals surface area (Å²) in [4.78, 5) is 240. The number of benzene rings is 1. The lowest BCUT2D eigenvalue weighted by Gasteiger charge is -2.29. The molecule has 43 heteroatoms. The second-order valence-corrected chi connectivity index (χ2v) is 29.3. The number of nitrogens with two attached hydrogens (primary N) is 4. The van der Waals surface area contributed by atoms with Crippen LogP contribution in [0.1, 0.15) is 151 Å². The topological polar surface area (TPSA) is 697 Å². The molecule has 1 aromatic carbocycles. The average Bonchev–Trinajstić information content (AvgIpc) is 0.847. The SMILES string of the molecule is CC[C@H](C)[C@H](NC(=O)[C@H](Cc1ccccc1)NC(=O)[C@@H](NC(=O)CNC(=O)[C@H](CCC(=O)O)NC(=O)[C@H](CC(N)=O)NC(=O)CNC(=O)[C@H](CCCNC(=N)N)NC(=O)[C@@H](N)C(C)C)C(C)C)C(=O)N[C@@H](CCSC)C(=O)NCC(=O)N[C@@H](CCCCN)C(=O)N[C@H](C(=O)N[C@H](C(=O)N[C@@H](CCC(=O)O)C(=O)O)[C@@H](C)CC)[C@@H](C)O. The maximum absolute atomic E-state index is 14.7. The fourth-order valence-corrected chi connectivity index (χ4v) is 11.4. The predicted octanol–water partition coefficient (Wildman–Crippen LogP) is -6.14. The van der Waals surface area contributed by atoms with Crippen molar-refractivity contribution < 1.29 is 107 Å². The minimum absolute atomic E-state index is 0.0151. The molecule has 15 atom stereocenters. The van der Waals surface area contributed by atoms with Gasteiger partial charge in [-0.15, -0.1) is 0 Å². The summed E-state index contributed by atoms with van der Waals surface area (Å²) in [6.45, 7) is 12.0. The van der Waals surface area contributed by atoms with Crippen LogP contribution in [0.2, 0.25) is 0 Å². The first-order valence-corrected chi connectivity index (χ1v) is 39.2. The Bertz CT molecular complexity index is 3470. The van der Waals surface area contributed by atoms with Crippen LogP contribution in [-0.2, 0) is 92.7 Å². The molecule has 1 rings (SSSR count). The van der Waals surface area contributed by atoms with E-state index in [1.54, 1.807) is 92.0 Å². The number of unbranched alkanes of at least 4 members (excludes halogenated alkanes) is 1. The number of carbonyl (C=O) groups is 18. The first kappa shape index (κ1) is 102. The van der Waals surface area contributed by atoms with Crippen molar-refractivity contribution in [3.8, 4) is 0 Å². The lowest BCUT2D eigenvalue weighted by molar-refractivity contribution is -0.144. The molecular formula is C72H120N20O22S. The Kier molecular flexibility index (Phi) is 48.0. The van der Waals surface area contributed by atoms with E-state index in [4.69, 9.17) is 33.5 Å². The van der Waals surface area contributed by atoms with Gasteiger partial charge in [0.15, 0.2) is 5.96 Å². The number of carbonyl (C=O) groups excluding carboxylic acids is 15. The van der Waals surface area contributed by atoms with E-state index >= 15 is 0 Å². The van der Waals surface area contributed by atoms with Crippen LogP contribution < -0.4 is 103 Å². The minimum Gasteiger partial charge on any atom is -0.481 e. The minimum atomic E-state index is -1.83. The summed E-state index contributed by atoms with van der Waals surface area (Å²) in [5.41, 5.74) is 22.9. The number of thioether (sulfide) groups is 1. The highest BCUT2D eigenvalue weighted by Gasteiger charge is 2.39. The zero-order valence-corrected chi connectivity index (χ0v) is 67.5. The molecule has 0 bridgehead atoms. The molecule has 1 aromatic rings. The Labute approximate surface area is 671 Å². The molecule has 0 heterocycles. The summed E-state index contributed by atoms with van der Waals surface area (Å²) in [6, 6.07) is -9.46. The number of hydrogen-bond acceptors (Lipinski definition) is 23. The Morgan fingerprint density at radius 1 is 0.435 bits per heavy atom. The number of guanidine groups is 1. The van der Waals surface area contributed by atoms with Crippen molar-refractivity contribution in [2.24, 2.45) is 46.6 Å². The van der Waals surface area contributed by atoms with E-state index in [9.17, 15) is 102 Å². The smallest absolute Gasteiger partial charge is 0.326 e. The molecule has 0 aliphatic heterocycles. The molecule has 0 spiro atoms. The summed E-state index contributed by atoms with van der Waals surface area (Å²) >= 11 is 1.31. The quantitative estimate of drug-likeness (QED) is 0.0164. The van der Waals surface area contributed by atoms with Crippen LogP contribution in [0.25, 0.3) is 0 Å². The summed E-state index contributed by atoms with van der Waals surface area (Å²) in [5.74, 6) is -21.4. The average molecular weight is 1650 g/mol. The van der Waals surface area contributed by atoms with Crippen molar-refractivity contribution in [2.75, 3.05) is 44.7 Å². The lowest BCUT2D eigenvalue weighted by Crippen LogP contribution is -2.61. The molecule has 0 saturated heterocycles. The van der Waals surface area contributed by atoms with Crippen LogP contribution in [0, 0.1) is 29.1 Å². The van der Waals surface area contributed by atoms with Crippen molar-refractivity contribution in [3.63, 3.8) is 0 Å². The highest BCUT2D eigenvalue weighted by Crippen LogP contribution is 2.16. The largest absolute Gasteiger partial charge is 0.481 e. The van der Waals surface area contributed by atoms with Gasteiger partial charge >= 0.3 is 17.9 Å².